The molecule has 0 radical (unpaired) electrons. The molecule has 0 aliphatic carbocycles. The fourth-order valence-corrected chi connectivity index (χ4v) is 3.60. The molecule has 2 saturated heterocycles. The SMILES string of the molecule is Cc1ccc2ncn(CC(=O)OC[C@@H]3NC(=O)[C@@H]4CCCN4C3=O)c2c1. The molecule has 8 nitrogen and oxygen atoms in total. The lowest BCUT2D eigenvalue weighted by Gasteiger charge is -2.34. The van der Waals surface area contributed by atoms with Gasteiger partial charge in [0, 0.05) is 6.54 Å². The van der Waals surface area contributed by atoms with E-state index in [0.29, 0.717) is 13.0 Å². The van der Waals surface area contributed by atoms with Crippen molar-refractivity contribution in [2.45, 2.75) is 38.4 Å². The molecule has 0 unspecified atom stereocenters. The summed E-state index contributed by atoms with van der Waals surface area (Å²) in [5.41, 5.74) is 2.73. The zero-order chi connectivity index (χ0) is 18.3. The Morgan fingerprint density at radius 1 is 1.38 bits per heavy atom. The third-order valence-electron chi connectivity index (χ3n) is 4.94. The van der Waals surface area contributed by atoms with Gasteiger partial charge in [0.25, 0.3) is 0 Å². The van der Waals surface area contributed by atoms with Crippen molar-refractivity contribution in [3.63, 3.8) is 0 Å². The summed E-state index contributed by atoms with van der Waals surface area (Å²) in [6, 6.07) is 4.64. The van der Waals surface area contributed by atoms with Crippen LogP contribution in [0.15, 0.2) is 24.5 Å². The predicted molar refractivity (Wildman–Crippen MR) is 92.1 cm³/mol. The summed E-state index contributed by atoms with van der Waals surface area (Å²) >= 11 is 0. The number of amides is 2. The monoisotopic (exact) mass is 356 g/mol. The molecule has 0 bridgehead atoms. The number of ether oxygens (including phenoxy) is 1. The lowest BCUT2D eigenvalue weighted by Crippen LogP contribution is -2.62. The fourth-order valence-electron chi connectivity index (χ4n) is 3.60. The first-order valence-electron chi connectivity index (χ1n) is 8.71. The van der Waals surface area contributed by atoms with E-state index in [2.05, 4.69) is 10.3 Å². The molecule has 2 fully saturated rings. The van der Waals surface area contributed by atoms with E-state index in [9.17, 15) is 14.4 Å². The molecule has 2 aromatic rings. The molecule has 8 heteroatoms. The van der Waals surface area contributed by atoms with Crippen LogP contribution in [0.25, 0.3) is 11.0 Å². The number of nitrogens with one attached hydrogen (secondary N) is 1. The van der Waals surface area contributed by atoms with Crippen molar-refractivity contribution < 1.29 is 19.1 Å². The summed E-state index contributed by atoms with van der Waals surface area (Å²) < 4.78 is 6.96. The summed E-state index contributed by atoms with van der Waals surface area (Å²) in [6.07, 6.45) is 3.11. The highest BCUT2D eigenvalue weighted by molar-refractivity contribution is 5.97. The van der Waals surface area contributed by atoms with Gasteiger partial charge in [-0.25, -0.2) is 4.98 Å². The summed E-state index contributed by atoms with van der Waals surface area (Å²) in [5.74, 6) is -0.820. The van der Waals surface area contributed by atoms with E-state index < -0.39 is 12.0 Å². The zero-order valence-corrected chi connectivity index (χ0v) is 14.5. The number of hydrogen-bond donors (Lipinski definition) is 1. The van der Waals surface area contributed by atoms with Gasteiger partial charge in [-0.1, -0.05) is 6.07 Å². The van der Waals surface area contributed by atoms with Crippen molar-refractivity contribution >= 4 is 28.8 Å². The highest BCUT2D eigenvalue weighted by atomic mass is 16.5. The van der Waals surface area contributed by atoms with Crippen LogP contribution in [0, 0.1) is 6.92 Å². The number of fused-ring (bicyclic) bond motifs is 2. The average molecular weight is 356 g/mol. The lowest BCUT2D eigenvalue weighted by molar-refractivity contribution is -0.153. The molecule has 1 aromatic carbocycles. The second-order valence-electron chi connectivity index (χ2n) is 6.80. The number of nitrogens with zero attached hydrogens (tertiary/aromatic N) is 3. The number of aryl methyl sites for hydroxylation is 1. The van der Waals surface area contributed by atoms with Crippen LogP contribution in [0.2, 0.25) is 0 Å². The Morgan fingerprint density at radius 2 is 2.23 bits per heavy atom. The Bertz CT molecular complexity index is 890. The number of hydrogen-bond acceptors (Lipinski definition) is 5. The number of imidazole rings is 1. The molecular weight excluding hydrogens is 336 g/mol. The lowest BCUT2D eigenvalue weighted by atomic mass is 10.1. The standard InChI is InChI=1S/C18H20N4O4/c1-11-4-5-12-15(7-11)21(10-19-12)8-16(23)26-9-13-18(25)22-6-2-3-14(22)17(24)20-13/h4-5,7,10,13-14H,2-3,6,8-9H2,1H3,(H,20,24)/t13-,14-/m0/s1. The third-order valence-corrected chi connectivity index (χ3v) is 4.94. The molecule has 2 atom stereocenters. The van der Waals surface area contributed by atoms with E-state index >= 15 is 0 Å². The number of piperazine rings is 1. The largest absolute Gasteiger partial charge is 0.462 e. The highest BCUT2D eigenvalue weighted by Crippen LogP contribution is 2.22. The first-order chi connectivity index (χ1) is 12.5. The second kappa shape index (κ2) is 6.44. The first-order valence-corrected chi connectivity index (χ1v) is 8.71. The number of rotatable bonds is 4. The highest BCUT2D eigenvalue weighted by Gasteiger charge is 2.43. The van der Waals surface area contributed by atoms with Crippen molar-refractivity contribution in [1.29, 1.82) is 0 Å². The van der Waals surface area contributed by atoms with E-state index in [-0.39, 0.29) is 31.0 Å². The van der Waals surface area contributed by atoms with Gasteiger partial charge in [0.15, 0.2) is 0 Å². The molecule has 26 heavy (non-hydrogen) atoms. The van der Waals surface area contributed by atoms with Crippen molar-refractivity contribution in [3.05, 3.63) is 30.1 Å². The van der Waals surface area contributed by atoms with Crippen LogP contribution in [-0.4, -0.2) is 57.5 Å². The van der Waals surface area contributed by atoms with E-state index in [1.807, 2.05) is 25.1 Å². The van der Waals surface area contributed by atoms with E-state index in [1.54, 1.807) is 15.8 Å². The number of esters is 1. The van der Waals surface area contributed by atoms with Crippen molar-refractivity contribution in [2.75, 3.05) is 13.2 Å². The van der Waals surface area contributed by atoms with Gasteiger partial charge in [-0.3, -0.25) is 14.4 Å². The molecule has 2 amide bonds. The van der Waals surface area contributed by atoms with Gasteiger partial charge in [-0.2, -0.15) is 0 Å². The van der Waals surface area contributed by atoms with Gasteiger partial charge in [0.2, 0.25) is 11.8 Å². The second-order valence-corrected chi connectivity index (χ2v) is 6.80. The Labute approximate surface area is 150 Å². The third kappa shape index (κ3) is 2.91. The molecule has 2 aliphatic heterocycles. The molecule has 1 N–H and O–H groups in total. The van der Waals surface area contributed by atoms with Gasteiger partial charge in [0.05, 0.1) is 17.4 Å². The van der Waals surface area contributed by atoms with Gasteiger partial charge in [-0.15, -0.1) is 0 Å². The van der Waals surface area contributed by atoms with Crippen LogP contribution in [0.1, 0.15) is 18.4 Å². The van der Waals surface area contributed by atoms with Crippen LogP contribution in [0.5, 0.6) is 0 Å². The molecule has 0 spiro atoms. The van der Waals surface area contributed by atoms with Gasteiger partial charge >= 0.3 is 5.97 Å². The predicted octanol–water partition coefficient (Wildman–Crippen LogP) is 0.377. The zero-order valence-electron chi connectivity index (χ0n) is 14.5. The van der Waals surface area contributed by atoms with Crippen molar-refractivity contribution in [2.24, 2.45) is 0 Å². The van der Waals surface area contributed by atoms with Crippen LogP contribution >= 0.6 is 0 Å². The molecule has 3 heterocycles. The van der Waals surface area contributed by atoms with E-state index in [4.69, 9.17) is 4.74 Å². The quantitative estimate of drug-likeness (QED) is 0.800. The first kappa shape index (κ1) is 16.6. The normalized spacial score (nSPS) is 22.4. The van der Waals surface area contributed by atoms with Gasteiger partial charge in [-0.05, 0) is 37.5 Å². The maximum absolute atomic E-state index is 12.4. The molecule has 1 aromatic heterocycles. The van der Waals surface area contributed by atoms with E-state index in [0.717, 1.165) is 23.0 Å². The molecule has 0 saturated carbocycles. The maximum Gasteiger partial charge on any atom is 0.326 e. The number of benzene rings is 1. The van der Waals surface area contributed by atoms with Crippen LogP contribution in [0.4, 0.5) is 0 Å². The topological polar surface area (TPSA) is 93.5 Å². The van der Waals surface area contributed by atoms with Crippen LogP contribution < -0.4 is 5.32 Å². The average Bonchev–Trinajstić information content (AvgIpc) is 3.25. The van der Waals surface area contributed by atoms with Crippen molar-refractivity contribution in [3.8, 4) is 0 Å². The van der Waals surface area contributed by atoms with Crippen molar-refractivity contribution in [1.82, 2.24) is 19.8 Å². The molecular formula is C18H20N4O4. The minimum atomic E-state index is -0.803. The Hall–Kier alpha value is -2.90. The fraction of sp³-hybridized carbons (Fsp3) is 0.444. The van der Waals surface area contributed by atoms with Crippen LogP contribution in [-0.2, 0) is 25.7 Å². The Kier molecular flexibility index (Phi) is 4.10. The number of carbonyl (C=O) groups excluding carboxylic acids is 3. The minimum Gasteiger partial charge on any atom is -0.462 e. The van der Waals surface area contributed by atoms with Crippen LogP contribution in [0.3, 0.4) is 0 Å². The summed E-state index contributed by atoms with van der Waals surface area (Å²) in [4.78, 5) is 42.5. The van der Waals surface area contributed by atoms with Gasteiger partial charge in [0.1, 0.15) is 25.2 Å². The molecule has 2 aliphatic rings. The summed E-state index contributed by atoms with van der Waals surface area (Å²) in [6.45, 7) is 2.40. The smallest absolute Gasteiger partial charge is 0.326 e. The maximum atomic E-state index is 12.4. The van der Waals surface area contributed by atoms with E-state index in [1.165, 1.54) is 0 Å². The molecule has 4 rings (SSSR count). The number of aromatic nitrogens is 2. The number of carbonyl (C=O) groups is 3. The molecule has 136 valence electrons. The Balaban J connectivity index is 1.38. The summed E-state index contributed by atoms with van der Waals surface area (Å²) in [7, 11) is 0. The minimum absolute atomic E-state index is 0.00114. The Morgan fingerprint density at radius 3 is 3.08 bits per heavy atom. The summed E-state index contributed by atoms with van der Waals surface area (Å²) in [5, 5.41) is 2.66. The van der Waals surface area contributed by atoms with Gasteiger partial charge < -0.3 is 19.5 Å².